The molecule has 1 aromatic rings. The first-order valence-corrected chi connectivity index (χ1v) is 6.27. The van der Waals surface area contributed by atoms with E-state index in [9.17, 15) is 9.59 Å². The number of carbonyl (C=O) groups is 2. The number of furan rings is 1. The molecule has 0 aliphatic heterocycles. The number of nitrogens with one attached hydrogen (secondary N) is 1. The van der Waals surface area contributed by atoms with Crippen LogP contribution in [0.5, 0.6) is 0 Å². The summed E-state index contributed by atoms with van der Waals surface area (Å²) < 4.78 is 4.80. The smallest absolute Gasteiger partial charge is 0.254 e. The standard InChI is InChI=1S/C13H20N2O4/c1-10(2)15(6-7-16)12(17)3-5-14-13(18)11-4-8-19-9-11/h4,8-10,16H,3,5-7H2,1-2H3,(H,14,18). The lowest BCUT2D eigenvalue weighted by molar-refractivity contribution is -0.133. The fourth-order valence-electron chi connectivity index (χ4n) is 1.70. The molecule has 0 aliphatic carbocycles. The van der Waals surface area contributed by atoms with Crippen LogP contribution in [0, 0.1) is 0 Å². The van der Waals surface area contributed by atoms with Crippen LogP contribution in [-0.4, -0.2) is 47.6 Å². The Kier molecular flexibility index (Phi) is 6.08. The van der Waals surface area contributed by atoms with Crippen LogP contribution in [-0.2, 0) is 4.79 Å². The minimum Gasteiger partial charge on any atom is -0.472 e. The number of hydrogen-bond donors (Lipinski definition) is 2. The predicted octanol–water partition coefficient (Wildman–Crippen LogP) is 0.629. The molecular weight excluding hydrogens is 248 g/mol. The maximum absolute atomic E-state index is 11.9. The van der Waals surface area contributed by atoms with Gasteiger partial charge in [0, 0.05) is 25.6 Å². The summed E-state index contributed by atoms with van der Waals surface area (Å²) in [5, 5.41) is 11.5. The molecular formula is C13H20N2O4. The van der Waals surface area contributed by atoms with E-state index in [4.69, 9.17) is 9.52 Å². The Hall–Kier alpha value is -1.82. The highest BCUT2D eigenvalue weighted by atomic mass is 16.3. The number of hydrogen-bond acceptors (Lipinski definition) is 4. The molecule has 0 saturated heterocycles. The van der Waals surface area contributed by atoms with E-state index in [1.807, 2.05) is 13.8 Å². The zero-order valence-corrected chi connectivity index (χ0v) is 11.3. The largest absolute Gasteiger partial charge is 0.472 e. The van der Waals surface area contributed by atoms with Gasteiger partial charge in [0.25, 0.3) is 5.91 Å². The molecule has 0 fully saturated rings. The van der Waals surface area contributed by atoms with Gasteiger partial charge in [0.1, 0.15) is 6.26 Å². The molecule has 1 rings (SSSR count). The Bertz CT molecular complexity index is 401. The van der Waals surface area contributed by atoms with Gasteiger partial charge in [-0.1, -0.05) is 0 Å². The van der Waals surface area contributed by atoms with Crippen molar-refractivity contribution in [2.75, 3.05) is 19.7 Å². The van der Waals surface area contributed by atoms with Crippen molar-refractivity contribution in [1.82, 2.24) is 10.2 Å². The monoisotopic (exact) mass is 268 g/mol. The Morgan fingerprint density at radius 1 is 1.47 bits per heavy atom. The minimum absolute atomic E-state index is 0.0317. The van der Waals surface area contributed by atoms with Gasteiger partial charge in [-0.3, -0.25) is 9.59 Å². The summed E-state index contributed by atoms with van der Waals surface area (Å²) in [6.07, 6.45) is 2.98. The van der Waals surface area contributed by atoms with Crippen molar-refractivity contribution in [1.29, 1.82) is 0 Å². The molecule has 0 spiro atoms. The number of aliphatic hydroxyl groups excluding tert-OH is 1. The molecule has 0 saturated carbocycles. The molecule has 0 radical (unpaired) electrons. The highest BCUT2D eigenvalue weighted by molar-refractivity contribution is 5.94. The van der Waals surface area contributed by atoms with Crippen LogP contribution in [0.1, 0.15) is 30.6 Å². The highest BCUT2D eigenvalue weighted by Gasteiger charge is 2.16. The molecule has 1 aromatic heterocycles. The van der Waals surface area contributed by atoms with Gasteiger partial charge < -0.3 is 19.7 Å². The third kappa shape index (κ3) is 4.75. The summed E-state index contributed by atoms with van der Waals surface area (Å²) >= 11 is 0. The van der Waals surface area contributed by atoms with E-state index in [1.54, 1.807) is 11.0 Å². The molecule has 2 amide bonds. The van der Waals surface area contributed by atoms with Gasteiger partial charge in [-0.15, -0.1) is 0 Å². The molecule has 6 heteroatoms. The third-order valence-corrected chi connectivity index (χ3v) is 2.69. The van der Waals surface area contributed by atoms with E-state index >= 15 is 0 Å². The normalized spacial score (nSPS) is 10.5. The zero-order chi connectivity index (χ0) is 14.3. The maximum atomic E-state index is 11.9. The number of aliphatic hydroxyl groups is 1. The van der Waals surface area contributed by atoms with E-state index in [0.29, 0.717) is 12.1 Å². The van der Waals surface area contributed by atoms with Crippen LogP contribution in [0.2, 0.25) is 0 Å². The summed E-state index contributed by atoms with van der Waals surface area (Å²) in [5.74, 6) is -0.351. The molecule has 2 N–H and O–H groups in total. The first-order valence-electron chi connectivity index (χ1n) is 6.27. The van der Waals surface area contributed by atoms with Crippen LogP contribution in [0.25, 0.3) is 0 Å². The van der Waals surface area contributed by atoms with Gasteiger partial charge >= 0.3 is 0 Å². The summed E-state index contributed by atoms with van der Waals surface area (Å²) in [5.41, 5.74) is 0.434. The molecule has 106 valence electrons. The molecule has 0 aliphatic rings. The summed E-state index contributed by atoms with van der Waals surface area (Å²) in [4.78, 5) is 25.1. The van der Waals surface area contributed by atoms with E-state index in [1.165, 1.54) is 12.5 Å². The SMILES string of the molecule is CC(C)N(CCO)C(=O)CCNC(=O)c1ccoc1. The second kappa shape index (κ2) is 7.58. The van der Waals surface area contributed by atoms with Gasteiger partial charge in [0.15, 0.2) is 0 Å². The lowest BCUT2D eigenvalue weighted by Crippen LogP contribution is -2.40. The van der Waals surface area contributed by atoms with Gasteiger partial charge in [-0.25, -0.2) is 0 Å². The molecule has 0 atom stereocenters. The fraction of sp³-hybridized carbons (Fsp3) is 0.538. The second-order valence-corrected chi connectivity index (χ2v) is 4.42. The highest BCUT2D eigenvalue weighted by Crippen LogP contribution is 2.02. The lowest BCUT2D eigenvalue weighted by Gasteiger charge is -2.26. The van der Waals surface area contributed by atoms with E-state index in [0.717, 1.165) is 0 Å². The summed E-state index contributed by atoms with van der Waals surface area (Å²) in [6.45, 7) is 4.28. The number of carbonyl (C=O) groups excluding carboxylic acids is 2. The van der Waals surface area contributed by atoms with E-state index < -0.39 is 0 Å². The number of rotatable bonds is 7. The van der Waals surface area contributed by atoms with Gasteiger partial charge in [-0.2, -0.15) is 0 Å². The summed E-state index contributed by atoms with van der Waals surface area (Å²) in [6, 6.07) is 1.59. The quantitative estimate of drug-likeness (QED) is 0.759. The van der Waals surface area contributed by atoms with Gasteiger partial charge in [0.05, 0.1) is 18.4 Å². The molecule has 0 bridgehead atoms. The van der Waals surface area contributed by atoms with Crippen molar-refractivity contribution in [3.63, 3.8) is 0 Å². The van der Waals surface area contributed by atoms with Crippen molar-refractivity contribution >= 4 is 11.8 Å². The van der Waals surface area contributed by atoms with Crippen molar-refractivity contribution in [3.8, 4) is 0 Å². The molecule has 0 unspecified atom stereocenters. The summed E-state index contributed by atoms with van der Waals surface area (Å²) in [7, 11) is 0. The Morgan fingerprint density at radius 2 is 2.21 bits per heavy atom. The van der Waals surface area contributed by atoms with Crippen LogP contribution in [0.3, 0.4) is 0 Å². The average molecular weight is 268 g/mol. The van der Waals surface area contributed by atoms with Crippen LogP contribution >= 0.6 is 0 Å². The van der Waals surface area contributed by atoms with Gasteiger partial charge in [0.2, 0.25) is 5.91 Å². The molecule has 19 heavy (non-hydrogen) atoms. The fourth-order valence-corrected chi connectivity index (χ4v) is 1.70. The average Bonchev–Trinajstić information content (AvgIpc) is 2.89. The van der Waals surface area contributed by atoms with Crippen LogP contribution < -0.4 is 5.32 Å². The number of nitrogens with zero attached hydrogens (tertiary/aromatic N) is 1. The van der Waals surface area contributed by atoms with Crippen molar-refractivity contribution in [2.24, 2.45) is 0 Å². The van der Waals surface area contributed by atoms with E-state index in [2.05, 4.69) is 5.32 Å². The van der Waals surface area contributed by atoms with Crippen molar-refractivity contribution in [2.45, 2.75) is 26.3 Å². The minimum atomic E-state index is -0.264. The molecule has 1 heterocycles. The maximum Gasteiger partial charge on any atom is 0.254 e. The Labute approximate surface area is 112 Å². The van der Waals surface area contributed by atoms with Gasteiger partial charge in [-0.05, 0) is 19.9 Å². The molecule has 0 aromatic carbocycles. The second-order valence-electron chi connectivity index (χ2n) is 4.42. The Morgan fingerprint density at radius 3 is 2.74 bits per heavy atom. The molecule has 6 nitrogen and oxygen atoms in total. The Balaban J connectivity index is 2.35. The first kappa shape index (κ1) is 15.2. The first-order chi connectivity index (χ1) is 9.06. The van der Waals surface area contributed by atoms with Crippen LogP contribution in [0.15, 0.2) is 23.0 Å². The van der Waals surface area contributed by atoms with Crippen LogP contribution in [0.4, 0.5) is 0 Å². The lowest BCUT2D eigenvalue weighted by atomic mass is 10.2. The van der Waals surface area contributed by atoms with Crippen molar-refractivity contribution in [3.05, 3.63) is 24.2 Å². The topological polar surface area (TPSA) is 82.8 Å². The van der Waals surface area contributed by atoms with Crippen molar-refractivity contribution < 1.29 is 19.1 Å². The third-order valence-electron chi connectivity index (χ3n) is 2.69. The zero-order valence-electron chi connectivity index (χ0n) is 11.3. The predicted molar refractivity (Wildman–Crippen MR) is 69.6 cm³/mol. The van der Waals surface area contributed by atoms with E-state index in [-0.39, 0.29) is 37.4 Å². The number of amides is 2.